The van der Waals surface area contributed by atoms with Crippen molar-refractivity contribution in [3.8, 4) is 0 Å². The molecule has 3 heteroatoms. The van der Waals surface area contributed by atoms with E-state index in [-0.39, 0.29) is 11.7 Å². The Bertz CT molecular complexity index is 390. The first kappa shape index (κ1) is 12.3. The standard InChI is InChI=1S/C13H16N2O/c1-10(2)8-12(13(16)9-15-14)11-6-4-3-5-7-11/h3-7,9-10,12H,8H2,1-2H3/p+1/b13-9+. The summed E-state index contributed by atoms with van der Waals surface area (Å²) in [5, 5.41) is 18.3. The zero-order valence-electron chi connectivity index (χ0n) is 9.67. The van der Waals surface area contributed by atoms with Crippen LogP contribution in [0.1, 0.15) is 31.7 Å². The van der Waals surface area contributed by atoms with Crippen molar-refractivity contribution in [3.05, 3.63) is 52.8 Å². The highest BCUT2D eigenvalue weighted by molar-refractivity contribution is 5.26. The molecule has 0 spiro atoms. The molecule has 1 atom stereocenters. The number of rotatable bonds is 4. The Morgan fingerprint density at radius 2 is 2.00 bits per heavy atom. The van der Waals surface area contributed by atoms with Crippen LogP contribution in [0.2, 0.25) is 0 Å². The average molecular weight is 217 g/mol. The zero-order valence-corrected chi connectivity index (χ0v) is 9.67. The third-order valence-electron chi connectivity index (χ3n) is 2.46. The number of hydrogen-bond acceptors (Lipinski definition) is 2. The van der Waals surface area contributed by atoms with Crippen LogP contribution in [0.4, 0.5) is 0 Å². The molecular formula is C13H17N2O+. The molecule has 0 saturated heterocycles. The van der Waals surface area contributed by atoms with Gasteiger partial charge in [-0.3, -0.25) is 0 Å². The average Bonchev–Trinajstić information content (AvgIpc) is 2.27. The lowest BCUT2D eigenvalue weighted by Gasteiger charge is -2.16. The molecule has 1 N–H and O–H groups in total. The minimum Gasteiger partial charge on any atom is -0.505 e. The molecule has 0 aliphatic heterocycles. The molecule has 1 aromatic carbocycles. The summed E-state index contributed by atoms with van der Waals surface area (Å²) in [7, 11) is 0. The Hall–Kier alpha value is -1.82. The fourth-order valence-electron chi connectivity index (χ4n) is 1.73. The van der Waals surface area contributed by atoms with E-state index in [0.29, 0.717) is 5.92 Å². The van der Waals surface area contributed by atoms with E-state index in [1.165, 1.54) is 0 Å². The van der Waals surface area contributed by atoms with E-state index < -0.39 is 0 Å². The first-order chi connectivity index (χ1) is 7.65. The minimum atomic E-state index is -0.0999. The molecule has 0 aliphatic rings. The van der Waals surface area contributed by atoms with Gasteiger partial charge in [0.15, 0.2) is 10.7 Å². The van der Waals surface area contributed by atoms with Gasteiger partial charge >= 0.3 is 6.20 Å². The highest BCUT2D eigenvalue weighted by Gasteiger charge is 2.20. The smallest absolute Gasteiger partial charge is 0.387 e. The summed E-state index contributed by atoms with van der Waals surface area (Å²) < 4.78 is 0. The molecule has 16 heavy (non-hydrogen) atoms. The molecule has 1 rings (SSSR count). The molecule has 1 aromatic rings. The summed E-state index contributed by atoms with van der Waals surface area (Å²) >= 11 is 0. The van der Waals surface area contributed by atoms with E-state index in [1.807, 2.05) is 30.3 Å². The number of diazo groups is 1. The van der Waals surface area contributed by atoms with Gasteiger partial charge in [0.05, 0.1) is 0 Å². The monoisotopic (exact) mass is 217 g/mol. The summed E-state index contributed by atoms with van der Waals surface area (Å²) in [6.45, 7) is 4.19. The van der Waals surface area contributed by atoms with Crippen molar-refractivity contribution in [3.63, 3.8) is 0 Å². The second-order valence-electron chi connectivity index (χ2n) is 4.26. The molecule has 0 radical (unpaired) electrons. The predicted molar refractivity (Wildman–Crippen MR) is 64.4 cm³/mol. The van der Waals surface area contributed by atoms with Gasteiger partial charge in [-0.2, -0.15) is 0 Å². The van der Waals surface area contributed by atoms with E-state index in [9.17, 15) is 5.11 Å². The molecule has 84 valence electrons. The van der Waals surface area contributed by atoms with Crippen LogP contribution in [-0.2, 0) is 0 Å². The SMILES string of the molecule is CC(C)CC(/C(O)=C\[N+]#N)c1ccccc1. The van der Waals surface area contributed by atoms with Gasteiger partial charge in [-0.15, -0.1) is 0 Å². The maximum atomic E-state index is 9.82. The molecule has 0 aliphatic carbocycles. The lowest BCUT2D eigenvalue weighted by atomic mass is 9.89. The lowest BCUT2D eigenvalue weighted by molar-refractivity contribution is 0.344. The normalized spacial score (nSPS) is 13.5. The van der Waals surface area contributed by atoms with Crippen molar-refractivity contribution in [1.29, 1.82) is 5.39 Å². The van der Waals surface area contributed by atoms with Crippen LogP contribution in [0.15, 0.2) is 42.3 Å². The number of aliphatic hydroxyl groups excluding tert-OH is 1. The quantitative estimate of drug-likeness (QED) is 0.610. The highest BCUT2D eigenvalue weighted by atomic mass is 16.3. The van der Waals surface area contributed by atoms with Crippen LogP contribution in [0.3, 0.4) is 0 Å². The fraction of sp³-hybridized carbons (Fsp3) is 0.385. The third kappa shape index (κ3) is 3.39. The predicted octanol–water partition coefficient (Wildman–Crippen LogP) is 4.07. The summed E-state index contributed by atoms with van der Waals surface area (Å²) in [5.74, 6) is 0.457. The van der Waals surface area contributed by atoms with Crippen molar-refractivity contribution in [2.24, 2.45) is 5.92 Å². The molecule has 0 fully saturated rings. The highest BCUT2D eigenvalue weighted by Crippen LogP contribution is 2.29. The van der Waals surface area contributed by atoms with E-state index in [4.69, 9.17) is 5.39 Å². The van der Waals surface area contributed by atoms with Crippen LogP contribution in [-0.4, -0.2) is 5.11 Å². The fourth-order valence-corrected chi connectivity index (χ4v) is 1.73. The van der Waals surface area contributed by atoms with Gasteiger partial charge in [0.2, 0.25) is 5.39 Å². The Morgan fingerprint density at radius 3 is 2.50 bits per heavy atom. The third-order valence-corrected chi connectivity index (χ3v) is 2.46. The van der Waals surface area contributed by atoms with Crippen molar-refractivity contribution in [1.82, 2.24) is 0 Å². The Balaban J connectivity index is 2.98. The first-order valence-electron chi connectivity index (χ1n) is 5.43. The molecule has 0 saturated carbocycles. The van der Waals surface area contributed by atoms with Crippen molar-refractivity contribution >= 4 is 0 Å². The molecule has 0 bridgehead atoms. The van der Waals surface area contributed by atoms with Gasteiger partial charge in [-0.1, -0.05) is 44.2 Å². The zero-order chi connectivity index (χ0) is 12.0. The van der Waals surface area contributed by atoms with Crippen LogP contribution in [0, 0.1) is 11.3 Å². The van der Waals surface area contributed by atoms with Gasteiger partial charge in [0, 0.05) is 5.92 Å². The topological polar surface area (TPSA) is 48.4 Å². The minimum absolute atomic E-state index is 0.0994. The summed E-state index contributed by atoms with van der Waals surface area (Å²) in [4.78, 5) is 2.88. The molecule has 3 nitrogen and oxygen atoms in total. The molecule has 0 aromatic heterocycles. The van der Waals surface area contributed by atoms with Gasteiger partial charge in [0.25, 0.3) is 0 Å². The first-order valence-corrected chi connectivity index (χ1v) is 5.43. The largest absolute Gasteiger partial charge is 0.505 e. The second kappa shape index (κ2) is 5.92. The van der Waals surface area contributed by atoms with Crippen LogP contribution in [0.25, 0.3) is 4.98 Å². The summed E-state index contributed by atoms with van der Waals surface area (Å²) in [6.07, 6.45) is 1.92. The number of nitrogens with zero attached hydrogens (tertiary/aromatic N) is 2. The molecule has 0 amide bonds. The van der Waals surface area contributed by atoms with Crippen molar-refractivity contribution < 1.29 is 5.11 Å². The van der Waals surface area contributed by atoms with Gasteiger partial charge in [-0.25, -0.2) is 0 Å². The molecule has 1 unspecified atom stereocenters. The number of allylic oxidation sites excluding steroid dienone is 1. The van der Waals surface area contributed by atoms with Crippen molar-refractivity contribution in [2.75, 3.05) is 0 Å². The van der Waals surface area contributed by atoms with Crippen molar-refractivity contribution in [2.45, 2.75) is 26.2 Å². The van der Waals surface area contributed by atoms with Gasteiger partial charge in [0.1, 0.15) is 0 Å². The Morgan fingerprint density at radius 1 is 1.38 bits per heavy atom. The van der Waals surface area contributed by atoms with Gasteiger partial charge in [-0.05, 0) is 17.9 Å². The van der Waals surface area contributed by atoms with E-state index in [1.54, 1.807) is 0 Å². The number of aliphatic hydroxyl groups is 1. The van der Waals surface area contributed by atoms with E-state index >= 15 is 0 Å². The Labute approximate surface area is 96.1 Å². The molecule has 0 heterocycles. The molecular weight excluding hydrogens is 200 g/mol. The lowest BCUT2D eigenvalue weighted by Crippen LogP contribution is -2.06. The maximum Gasteiger partial charge on any atom is 0.387 e. The van der Waals surface area contributed by atoms with E-state index in [2.05, 4.69) is 18.8 Å². The number of hydrogen-bond donors (Lipinski definition) is 1. The summed E-state index contributed by atoms with van der Waals surface area (Å²) in [6, 6.07) is 9.74. The number of benzene rings is 1. The van der Waals surface area contributed by atoms with Crippen LogP contribution >= 0.6 is 0 Å². The van der Waals surface area contributed by atoms with Crippen LogP contribution in [0.5, 0.6) is 0 Å². The van der Waals surface area contributed by atoms with Crippen LogP contribution < -0.4 is 0 Å². The van der Waals surface area contributed by atoms with Gasteiger partial charge < -0.3 is 5.11 Å². The Kier molecular flexibility index (Phi) is 4.53. The summed E-state index contributed by atoms with van der Waals surface area (Å²) in [5.41, 5.74) is 1.04. The van der Waals surface area contributed by atoms with E-state index in [0.717, 1.165) is 18.2 Å². The second-order valence-corrected chi connectivity index (χ2v) is 4.26. The maximum absolute atomic E-state index is 9.82.